The van der Waals surface area contributed by atoms with E-state index in [0.29, 0.717) is 61.0 Å². The van der Waals surface area contributed by atoms with Crippen LogP contribution in [0.4, 0.5) is 0 Å². The lowest BCUT2D eigenvalue weighted by molar-refractivity contribution is -0.117. The molecule has 250 valence electrons. The van der Waals surface area contributed by atoms with E-state index in [-0.39, 0.29) is 72.3 Å². The summed E-state index contributed by atoms with van der Waals surface area (Å²) in [5, 5.41) is 21.8. The molecule has 1 fully saturated rings. The molecule has 5 atom stereocenters. The minimum absolute atomic E-state index is 0.000120. The molecule has 9 heteroatoms. The second-order valence-corrected chi connectivity index (χ2v) is 13.0. The average molecular weight is 634 g/mol. The molecule has 0 aliphatic heterocycles. The maximum absolute atomic E-state index is 13.1. The van der Waals surface area contributed by atoms with Crippen LogP contribution in [0.25, 0.3) is 0 Å². The zero-order valence-corrected chi connectivity index (χ0v) is 27.6. The smallest absolute Gasteiger partial charge is 0.186 e. The molecule has 0 unspecified atom stereocenters. The SMILES string of the molecule is CCCC(=CC(=O)CCc1cc(OC2CCCC2)c(O)c2c1C#CC[C@@H](N=C(N)N)[C@@H]1C=C[C@H](OC)[C@H](C1)[C@@H]2CCC(C)=O)CO. The van der Waals surface area contributed by atoms with E-state index in [0.717, 1.165) is 37.7 Å². The van der Waals surface area contributed by atoms with Crippen molar-refractivity contribution in [3.05, 3.63) is 46.6 Å². The number of benzene rings is 1. The van der Waals surface area contributed by atoms with E-state index in [1.165, 1.54) is 0 Å². The minimum atomic E-state index is -0.296. The third-order valence-electron chi connectivity index (χ3n) is 9.58. The molecule has 1 saturated carbocycles. The number of aryl methyl sites for hydroxylation is 1. The summed E-state index contributed by atoms with van der Waals surface area (Å²) in [6.45, 7) is 3.44. The molecule has 3 aliphatic rings. The number of phenols is 1. The van der Waals surface area contributed by atoms with Crippen molar-refractivity contribution < 1.29 is 29.3 Å². The fourth-order valence-corrected chi connectivity index (χ4v) is 7.29. The molecule has 0 saturated heterocycles. The number of carbonyl (C=O) groups is 2. The quantitative estimate of drug-likeness (QED) is 0.0734. The number of allylic oxidation sites excluding steroid dienone is 1. The van der Waals surface area contributed by atoms with Gasteiger partial charge in [0.1, 0.15) is 5.78 Å². The third-order valence-corrected chi connectivity index (χ3v) is 9.58. The number of ketones is 2. The largest absolute Gasteiger partial charge is 0.504 e. The highest BCUT2D eigenvalue weighted by molar-refractivity contribution is 5.90. The zero-order valence-electron chi connectivity index (χ0n) is 27.6. The van der Waals surface area contributed by atoms with Gasteiger partial charge in [-0.15, -0.1) is 0 Å². The monoisotopic (exact) mass is 633 g/mol. The van der Waals surface area contributed by atoms with Gasteiger partial charge in [-0.3, -0.25) is 4.79 Å². The van der Waals surface area contributed by atoms with Crippen molar-refractivity contribution in [1.29, 1.82) is 0 Å². The predicted octanol–water partition coefficient (Wildman–Crippen LogP) is 4.99. The summed E-state index contributed by atoms with van der Waals surface area (Å²) in [7, 11) is 1.67. The number of phenolic OH excluding ortho intramolecular Hbond substituents is 1. The maximum atomic E-state index is 13.1. The standard InChI is InChI=1S/C37H51N3O6/c1-4-8-24(22-41)19-27(43)16-14-25-21-34(46-28-9-5-6-10-28)36(44)35-29(25)11-7-12-32(40-37(38)39)26-15-18-33(45-3)31(20-26)30(35)17-13-23(2)42/h15,18-19,21,26,28,30-33,41,44H,4-6,8-10,12-14,16-17,20,22H2,1-3H3,(H4,38,39,40)/t26-,30+,31-,32-,33+/m1/s1. The van der Waals surface area contributed by atoms with Crippen LogP contribution in [0.15, 0.2) is 34.9 Å². The summed E-state index contributed by atoms with van der Waals surface area (Å²) in [5.41, 5.74) is 14.5. The number of Topliss-reactive ketones (excluding diaryl/α,β-unsaturated/α-hetero) is 1. The lowest BCUT2D eigenvalue weighted by atomic mass is 9.68. The van der Waals surface area contributed by atoms with E-state index >= 15 is 0 Å². The molecule has 0 aromatic heterocycles. The van der Waals surface area contributed by atoms with E-state index < -0.39 is 0 Å². The number of rotatable bonds is 14. The number of hydrogen-bond donors (Lipinski definition) is 4. The van der Waals surface area contributed by atoms with Crippen LogP contribution in [0.2, 0.25) is 0 Å². The molecule has 6 N–H and O–H groups in total. The van der Waals surface area contributed by atoms with Crippen LogP contribution in [0, 0.1) is 23.7 Å². The number of nitrogens with zero attached hydrogens (tertiary/aromatic N) is 1. The highest BCUT2D eigenvalue weighted by atomic mass is 16.5. The first kappa shape index (κ1) is 35.2. The van der Waals surface area contributed by atoms with Crippen LogP contribution >= 0.6 is 0 Å². The summed E-state index contributed by atoms with van der Waals surface area (Å²) in [5.74, 6) is 6.68. The number of aliphatic hydroxyl groups is 1. The number of aliphatic hydroxyl groups excluding tert-OH is 1. The van der Waals surface area contributed by atoms with Crippen LogP contribution in [-0.4, -0.2) is 59.7 Å². The molecule has 0 heterocycles. The molecular weight excluding hydrogens is 582 g/mol. The number of aliphatic imine (C=N–C) groups is 1. The summed E-state index contributed by atoms with van der Waals surface area (Å²) < 4.78 is 12.5. The first-order valence-electron chi connectivity index (χ1n) is 16.8. The highest BCUT2D eigenvalue weighted by Gasteiger charge is 2.40. The number of carbonyl (C=O) groups excluding carboxylic acids is 2. The number of guanidine groups is 1. The van der Waals surface area contributed by atoms with Gasteiger partial charge in [-0.2, -0.15) is 0 Å². The average Bonchev–Trinajstić information content (AvgIpc) is 3.54. The second-order valence-electron chi connectivity index (χ2n) is 13.0. The second kappa shape index (κ2) is 16.8. The van der Waals surface area contributed by atoms with E-state index in [9.17, 15) is 19.8 Å². The van der Waals surface area contributed by atoms with Gasteiger partial charge >= 0.3 is 0 Å². The summed E-state index contributed by atoms with van der Waals surface area (Å²) in [6.07, 6.45) is 13.4. The molecule has 4 rings (SSSR count). The van der Waals surface area contributed by atoms with E-state index in [1.54, 1.807) is 20.1 Å². The van der Waals surface area contributed by atoms with Crippen LogP contribution in [0.5, 0.6) is 11.5 Å². The van der Waals surface area contributed by atoms with Crippen LogP contribution < -0.4 is 16.2 Å². The Balaban J connectivity index is 1.90. The van der Waals surface area contributed by atoms with Crippen molar-refractivity contribution in [2.45, 2.75) is 115 Å². The number of methoxy groups -OCH3 is 1. The Morgan fingerprint density at radius 3 is 2.57 bits per heavy atom. The van der Waals surface area contributed by atoms with E-state index in [4.69, 9.17) is 20.9 Å². The number of hydrogen-bond acceptors (Lipinski definition) is 7. The molecule has 9 nitrogen and oxygen atoms in total. The van der Waals surface area contributed by atoms with Gasteiger partial charge in [-0.25, -0.2) is 4.99 Å². The third kappa shape index (κ3) is 9.01. The van der Waals surface area contributed by atoms with Crippen molar-refractivity contribution in [2.75, 3.05) is 13.7 Å². The van der Waals surface area contributed by atoms with Gasteiger partial charge in [0.15, 0.2) is 23.2 Å². The Bertz CT molecular complexity index is 1390. The molecule has 2 bridgehead atoms. The van der Waals surface area contributed by atoms with Gasteiger partial charge in [-0.1, -0.05) is 37.3 Å². The van der Waals surface area contributed by atoms with Crippen molar-refractivity contribution in [3.8, 4) is 23.3 Å². The molecule has 46 heavy (non-hydrogen) atoms. The molecule has 3 aliphatic carbocycles. The van der Waals surface area contributed by atoms with Crippen LogP contribution in [0.3, 0.4) is 0 Å². The van der Waals surface area contributed by atoms with Crippen molar-refractivity contribution in [1.82, 2.24) is 0 Å². The van der Waals surface area contributed by atoms with E-state index in [1.807, 2.05) is 19.1 Å². The Kier molecular flexibility index (Phi) is 12.9. The zero-order chi connectivity index (χ0) is 33.2. The van der Waals surface area contributed by atoms with E-state index in [2.05, 4.69) is 22.9 Å². The predicted molar refractivity (Wildman–Crippen MR) is 180 cm³/mol. The van der Waals surface area contributed by atoms with Gasteiger partial charge in [0.25, 0.3) is 0 Å². The fraction of sp³-hybridized carbons (Fsp3) is 0.595. The molecule has 0 amide bonds. The van der Waals surface area contributed by atoms with Gasteiger partial charge in [0, 0.05) is 43.4 Å². The summed E-state index contributed by atoms with van der Waals surface area (Å²) in [4.78, 5) is 30.0. The molecule has 0 spiro atoms. The topological polar surface area (TPSA) is 157 Å². The lowest BCUT2D eigenvalue weighted by Gasteiger charge is -2.39. The highest BCUT2D eigenvalue weighted by Crippen LogP contribution is 2.49. The van der Waals surface area contributed by atoms with Crippen molar-refractivity contribution in [2.24, 2.45) is 28.3 Å². The lowest BCUT2D eigenvalue weighted by Crippen LogP contribution is -2.37. The van der Waals surface area contributed by atoms with Gasteiger partial charge in [-0.05, 0) is 93.4 Å². The van der Waals surface area contributed by atoms with Gasteiger partial charge in [0.05, 0.1) is 24.9 Å². The Morgan fingerprint density at radius 1 is 1.15 bits per heavy atom. The van der Waals surface area contributed by atoms with Crippen molar-refractivity contribution in [3.63, 3.8) is 0 Å². The Labute approximate surface area is 273 Å². The van der Waals surface area contributed by atoms with Crippen molar-refractivity contribution >= 4 is 17.5 Å². The molecule has 0 radical (unpaired) electrons. The first-order chi connectivity index (χ1) is 22.1. The summed E-state index contributed by atoms with van der Waals surface area (Å²) >= 11 is 0. The number of aromatic hydroxyl groups is 1. The maximum Gasteiger partial charge on any atom is 0.186 e. The van der Waals surface area contributed by atoms with Gasteiger partial charge < -0.3 is 35.9 Å². The summed E-state index contributed by atoms with van der Waals surface area (Å²) in [6, 6.07) is 1.57. The molecule has 1 aromatic rings. The molecular formula is C37H51N3O6. The van der Waals surface area contributed by atoms with Crippen LogP contribution in [-0.2, 0) is 20.7 Å². The Hall–Kier alpha value is -3.61. The number of ether oxygens (including phenoxy) is 2. The van der Waals surface area contributed by atoms with Gasteiger partial charge in [0.2, 0.25) is 0 Å². The van der Waals surface area contributed by atoms with Crippen LogP contribution in [0.1, 0.15) is 107 Å². The minimum Gasteiger partial charge on any atom is -0.504 e. The number of nitrogens with two attached hydrogens (primary N) is 2. The normalized spacial score (nSPS) is 24.4. The Morgan fingerprint density at radius 2 is 1.91 bits per heavy atom. The number of fused-ring (bicyclic) bond motifs is 3. The fourth-order valence-electron chi connectivity index (χ4n) is 7.29. The first-order valence-corrected chi connectivity index (χ1v) is 16.8. The molecule has 1 aromatic carbocycles.